The maximum absolute atomic E-state index is 12.1. The maximum atomic E-state index is 12.1. The van der Waals surface area contributed by atoms with Gasteiger partial charge < -0.3 is 9.47 Å². The number of carbonyl (C=O) groups is 2. The van der Waals surface area contributed by atoms with Crippen LogP contribution in [0.2, 0.25) is 0 Å². The van der Waals surface area contributed by atoms with E-state index in [0.29, 0.717) is 16.9 Å². The molecule has 4 nitrogen and oxygen atoms in total. The lowest BCUT2D eigenvalue weighted by Crippen LogP contribution is -2.08. The molecule has 0 N–H and O–H groups in total. The van der Waals surface area contributed by atoms with Crippen LogP contribution in [0.4, 0.5) is 0 Å². The predicted octanol–water partition coefficient (Wildman–Crippen LogP) is 4.07. The molecule has 0 aliphatic heterocycles. The molecule has 24 heavy (non-hydrogen) atoms. The van der Waals surface area contributed by atoms with Crippen molar-refractivity contribution >= 4 is 17.8 Å². The average Bonchev–Trinajstić information content (AvgIpc) is 2.60. The highest BCUT2D eigenvalue weighted by Gasteiger charge is 2.07. The molecule has 0 spiro atoms. The molecule has 2 aromatic carbocycles. The summed E-state index contributed by atoms with van der Waals surface area (Å²) in [5, 5.41) is 0. The summed E-state index contributed by atoms with van der Waals surface area (Å²) in [5.41, 5.74) is 1.73. The summed E-state index contributed by atoms with van der Waals surface area (Å²) >= 11 is 0. The van der Waals surface area contributed by atoms with Gasteiger partial charge in [-0.25, -0.2) is 4.79 Å². The number of methoxy groups -OCH3 is 1. The summed E-state index contributed by atoms with van der Waals surface area (Å²) in [6.07, 6.45) is 3.23. The molecule has 2 aromatic rings. The van der Waals surface area contributed by atoms with Crippen molar-refractivity contribution in [2.75, 3.05) is 7.11 Å². The Kier molecular flexibility index (Phi) is 5.68. The van der Waals surface area contributed by atoms with Crippen molar-refractivity contribution in [3.8, 4) is 11.5 Å². The van der Waals surface area contributed by atoms with Crippen LogP contribution < -0.4 is 9.47 Å². The first-order valence-corrected chi connectivity index (χ1v) is 7.34. The van der Waals surface area contributed by atoms with Crippen LogP contribution >= 0.6 is 0 Å². The van der Waals surface area contributed by atoms with E-state index in [1.54, 1.807) is 44.4 Å². The summed E-state index contributed by atoms with van der Waals surface area (Å²) in [7, 11) is 1.60. The summed E-state index contributed by atoms with van der Waals surface area (Å²) < 4.78 is 10.2. The fourth-order valence-corrected chi connectivity index (χ4v) is 1.86. The monoisotopic (exact) mass is 322 g/mol. The van der Waals surface area contributed by atoms with Crippen molar-refractivity contribution in [3.05, 3.63) is 77.9 Å². The Morgan fingerprint density at radius 2 is 1.54 bits per heavy atom. The number of ether oxygens (including phenoxy) is 2. The summed E-state index contributed by atoms with van der Waals surface area (Å²) in [4.78, 5) is 23.6. The van der Waals surface area contributed by atoms with Gasteiger partial charge in [-0.1, -0.05) is 24.8 Å². The number of benzene rings is 2. The Labute approximate surface area is 141 Å². The van der Waals surface area contributed by atoms with Crippen LogP contribution in [0.3, 0.4) is 0 Å². The Balaban J connectivity index is 2.02. The van der Waals surface area contributed by atoms with Crippen LogP contribution in [0.25, 0.3) is 6.08 Å². The summed E-state index contributed by atoms with van der Waals surface area (Å²) in [6, 6.07) is 13.8. The molecule has 0 atom stereocenters. The number of esters is 1. The molecule has 0 bridgehead atoms. The molecule has 4 heteroatoms. The van der Waals surface area contributed by atoms with E-state index in [-0.39, 0.29) is 5.78 Å². The quantitative estimate of drug-likeness (QED) is 0.348. The number of rotatable bonds is 6. The minimum atomic E-state index is -0.492. The van der Waals surface area contributed by atoms with Gasteiger partial charge in [-0.3, -0.25) is 4.79 Å². The third-order valence-corrected chi connectivity index (χ3v) is 3.24. The minimum Gasteiger partial charge on any atom is -0.497 e. The van der Waals surface area contributed by atoms with Crippen molar-refractivity contribution in [1.82, 2.24) is 0 Å². The van der Waals surface area contributed by atoms with Crippen molar-refractivity contribution < 1.29 is 19.1 Å². The normalized spacial score (nSPS) is 10.4. The van der Waals surface area contributed by atoms with Gasteiger partial charge in [0, 0.05) is 11.1 Å². The second-order valence-corrected chi connectivity index (χ2v) is 5.16. The lowest BCUT2D eigenvalue weighted by molar-refractivity contribution is -0.130. The molecule has 0 radical (unpaired) electrons. The van der Waals surface area contributed by atoms with Gasteiger partial charge in [0.25, 0.3) is 0 Å². The van der Waals surface area contributed by atoms with Crippen molar-refractivity contribution in [2.45, 2.75) is 6.92 Å². The Bertz CT molecular complexity index is 768. The highest BCUT2D eigenvalue weighted by Crippen LogP contribution is 2.16. The fraction of sp³-hybridized carbons (Fsp3) is 0.100. The molecule has 0 fully saturated rings. The lowest BCUT2D eigenvalue weighted by atomic mass is 10.1. The number of allylic oxidation sites excluding steroid dienone is 1. The first kappa shape index (κ1) is 17.2. The number of ketones is 1. The Morgan fingerprint density at radius 3 is 2.08 bits per heavy atom. The first-order chi connectivity index (χ1) is 11.5. The van der Waals surface area contributed by atoms with Gasteiger partial charge in [-0.2, -0.15) is 0 Å². The van der Waals surface area contributed by atoms with Crippen LogP contribution in [-0.4, -0.2) is 18.9 Å². The van der Waals surface area contributed by atoms with E-state index in [1.807, 2.05) is 24.3 Å². The fourth-order valence-electron chi connectivity index (χ4n) is 1.86. The molecule has 0 heterocycles. The number of hydrogen-bond donors (Lipinski definition) is 0. The van der Waals surface area contributed by atoms with Crippen LogP contribution in [0.1, 0.15) is 22.8 Å². The van der Waals surface area contributed by atoms with E-state index in [1.165, 1.54) is 6.08 Å². The van der Waals surface area contributed by atoms with Crippen molar-refractivity contribution in [3.63, 3.8) is 0 Å². The molecule has 122 valence electrons. The molecule has 0 unspecified atom stereocenters. The average molecular weight is 322 g/mol. The van der Waals surface area contributed by atoms with E-state index in [0.717, 1.165) is 11.3 Å². The topological polar surface area (TPSA) is 52.6 Å². The van der Waals surface area contributed by atoms with Gasteiger partial charge in [-0.15, -0.1) is 0 Å². The number of hydrogen-bond acceptors (Lipinski definition) is 4. The van der Waals surface area contributed by atoms with Crippen LogP contribution in [0.5, 0.6) is 11.5 Å². The second-order valence-electron chi connectivity index (χ2n) is 5.16. The zero-order chi connectivity index (χ0) is 17.5. The Morgan fingerprint density at radius 1 is 0.958 bits per heavy atom. The maximum Gasteiger partial charge on any atom is 0.338 e. The third kappa shape index (κ3) is 4.68. The molecule has 0 saturated carbocycles. The molecule has 0 aliphatic carbocycles. The zero-order valence-electron chi connectivity index (χ0n) is 13.6. The highest BCUT2D eigenvalue weighted by atomic mass is 16.5. The van der Waals surface area contributed by atoms with E-state index < -0.39 is 5.97 Å². The van der Waals surface area contributed by atoms with E-state index in [9.17, 15) is 9.59 Å². The van der Waals surface area contributed by atoms with Gasteiger partial charge in [0.15, 0.2) is 5.78 Å². The van der Waals surface area contributed by atoms with Crippen LogP contribution in [0.15, 0.2) is 66.8 Å². The highest BCUT2D eigenvalue weighted by molar-refractivity contribution is 6.06. The zero-order valence-corrected chi connectivity index (χ0v) is 13.6. The first-order valence-electron chi connectivity index (χ1n) is 7.34. The van der Waals surface area contributed by atoms with Gasteiger partial charge in [-0.05, 0) is 55.0 Å². The molecule has 0 amide bonds. The molecule has 2 rings (SSSR count). The van der Waals surface area contributed by atoms with E-state index in [2.05, 4.69) is 6.58 Å². The third-order valence-electron chi connectivity index (χ3n) is 3.24. The molecule has 0 aliphatic rings. The van der Waals surface area contributed by atoms with E-state index >= 15 is 0 Å². The Hall–Kier alpha value is -3.14. The minimum absolute atomic E-state index is 0.136. The van der Waals surface area contributed by atoms with Gasteiger partial charge >= 0.3 is 5.97 Å². The van der Waals surface area contributed by atoms with Gasteiger partial charge in [0.05, 0.1) is 7.11 Å². The van der Waals surface area contributed by atoms with Crippen molar-refractivity contribution in [2.24, 2.45) is 0 Å². The predicted molar refractivity (Wildman–Crippen MR) is 93.2 cm³/mol. The molecule has 0 saturated heterocycles. The number of carbonyl (C=O) groups excluding carboxylic acids is 2. The van der Waals surface area contributed by atoms with Gasteiger partial charge in [0.2, 0.25) is 0 Å². The molecular weight excluding hydrogens is 304 g/mol. The molecular formula is C20H18O4. The van der Waals surface area contributed by atoms with Crippen molar-refractivity contribution in [1.29, 1.82) is 0 Å². The summed E-state index contributed by atoms with van der Waals surface area (Å²) in [5.74, 6) is 0.508. The standard InChI is InChI=1S/C20H18O4/c1-14(2)20(22)24-18-11-7-16(8-12-18)19(21)13-6-15-4-9-17(23-3)10-5-15/h4-13H,1H2,2-3H3. The largest absolute Gasteiger partial charge is 0.497 e. The smallest absolute Gasteiger partial charge is 0.338 e. The molecule has 0 aromatic heterocycles. The SMILES string of the molecule is C=C(C)C(=O)Oc1ccc(C(=O)C=Cc2ccc(OC)cc2)cc1. The van der Waals surface area contributed by atoms with Gasteiger partial charge in [0.1, 0.15) is 11.5 Å². The van der Waals surface area contributed by atoms with E-state index in [4.69, 9.17) is 9.47 Å². The lowest BCUT2D eigenvalue weighted by Gasteiger charge is -2.04. The van der Waals surface area contributed by atoms with Crippen LogP contribution in [0, 0.1) is 0 Å². The van der Waals surface area contributed by atoms with Crippen LogP contribution in [-0.2, 0) is 4.79 Å². The summed E-state index contributed by atoms with van der Waals surface area (Å²) in [6.45, 7) is 5.09. The second kappa shape index (κ2) is 7.92.